The van der Waals surface area contributed by atoms with Crippen molar-refractivity contribution in [3.05, 3.63) is 48.7 Å². The summed E-state index contributed by atoms with van der Waals surface area (Å²) in [4.78, 5) is 24.2. The summed E-state index contributed by atoms with van der Waals surface area (Å²) < 4.78 is 0. The Morgan fingerprint density at radius 1 is 1.32 bits per heavy atom. The molecule has 0 aliphatic heterocycles. The van der Waals surface area contributed by atoms with Crippen LogP contribution in [-0.4, -0.2) is 33.0 Å². The average Bonchev–Trinajstić information content (AvgIpc) is 2.52. The molecule has 6 heteroatoms. The Balaban J connectivity index is 2.48. The van der Waals surface area contributed by atoms with Crippen LogP contribution in [0.25, 0.3) is 11.3 Å². The third-order valence-electron chi connectivity index (χ3n) is 3.04. The van der Waals surface area contributed by atoms with E-state index in [9.17, 15) is 4.79 Å². The van der Waals surface area contributed by atoms with Crippen molar-refractivity contribution in [2.75, 3.05) is 11.9 Å². The summed E-state index contributed by atoms with van der Waals surface area (Å²) in [7, 11) is 0. The summed E-state index contributed by atoms with van der Waals surface area (Å²) in [5.41, 5.74) is 2.41. The van der Waals surface area contributed by atoms with Gasteiger partial charge in [-0.15, -0.1) is 6.58 Å². The minimum Gasteiger partial charge on any atom is -0.380 e. The molecule has 0 spiro atoms. The number of aryl methyl sites for hydroxylation is 1. The highest BCUT2D eigenvalue weighted by atomic mass is 16.1. The van der Waals surface area contributed by atoms with E-state index in [4.69, 9.17) is 5.41 Å². The van der Waals surface area contributed by atoms with E-state index in [0.717, 1.165) is 5.56 Å². The molecule has 0 fully saturated rings. The maximum atomic E-state index is 11.5. The Morgan fingerprint density at radius 2 is 2.00 bits per heavy atom. The summed E-state index contributed by atoms with van der Waals surface area (Å²) in [6, 6.07) is 1.70. The molecule has 6 nitrogen and oxygen atoms in total. The third-order valence-corrected chi connectivity index (χ3v) is 3.04. The van der Waals surface area contributed by atoms with Gasteiger partial charge in [0.15, 0.2) is 5.78 Å². The number of Topliss-reactive ketones (excluding diaryl/α,β-unsaturated/α-hetero) is 1. The zero-order valence-corrected chi connectivity index (χ0v) is 12.6. The normalized spacial score (nSPS) is 10.1. The highest BCUT2D eigenvalue weighted by Gasteiger charge is 2.14. The Hall–Kier alpha value is -2.89. The van der Waals surface area contributed by atoms with Gasteiger partial charge in [-0.2, -0.15) is 0 Å². The maximum Gasteiger partial charge on any atom is 0.178 e. The lowest BCUT2D eigenvalue weighted by molar-refractivity contribution is -0.111. The number of hydrogen-bond donors (Lipinski definition) is 2. The first kappa shape index (κ1) is 15.5. The number of anilines is 1. The quantitative estimate of drug-likeness (QED) is 0.630. The van der Waals surface area contributed by atoms with Gasteiger partial charge in [0.05, 0.1) is 17.6 Å². The topological polar surface area (TPSA) is 91.6 Å². The molecular formula is C16H17N5O. The van der Waals surface area contributed by atoms with Gasteiger partial charge in [0.2, 0.25) is 0 Å². The monoisotopic (exact) mass is 295 g/mol. The van der Waals surface area contributed by atoms with Gasteiger partial charge < -0.3 is 5.32 Å². The predicted molar refractivity (Wildman–Crippen MR) is 86.2 cm³/mol. The zero-order chi connectivity index (χ0) is 16.1. The number of hydrogen-bond acceptors (Lipinski definition) is 6. The van der Waals surface area contributed by atoms with E-state index in [1.165, 1.54) is 6.92 Å². The van der Waals surface area contributed by atoms with Gasteiger partial charge >= 0.3 is 0 Å². The Kier molecular flexibility index (Phi) is 4.73. The fraction of sp³-hybridized carbons (Fsp3) is 0.188. The molecule has 0 unspecified atom stereocenters. The molecule has 0 radical (unpaired) electrons. The van der Waals surface area contributed by atoms with Crippen molar-refractivity contribution in [3.63, 3.8) is 0 Å². The van der Waals surface area contributed by atoms with Gasteiger partial charge in [-0.05, 0) is 13.0 Å². The van der Waals surface area contributed by atoms with Crippen LogP contribution >= 0.6 is 0 Å². The van der Waals surface area contributed by atoms with Gasteiger partial charge in [-0.1, -0.05) is 6.08 Å². The molecule has 0 aliphatic rings. The van der Waals surface area contributed by atoms with Crippen molar-refractivity contribution in [1.82, 2.24) is 15.0 Å². The Bertz CT molecular complexity index is 722. The second kappa shape index (κ2) is 6.71. The zero-order valence-electron chi connectivity index (χ0n) is 12.6. The van der Waals surface area contributed by atoms with Gasteiger partial charge in [0.25, 0.3) is 0 Å². The second-order valence-electron chi connectivity index (χ2n) is 4.73. The lowest BCUT2D eigenvalue weighted by Gasteiger charge is -2.12. The average molecular weight is 295 g/mol. The van der Waals surface area contributed by atoms with Crippen molar-refractivity contribution in [3.8, 4) is 11.3 Å². The van der Waals surface area contributed by atoms with E-state index < -0.39 is 0 Å². The van der Waals surface area contributed by atoms with Gasteiger partial charge in [0, 0.05) is 37.0 Å². The molecule has 0 saturated heterocycles. The molecule has 2 aromatic rings. The Labute approximate surface area is 128 Å². The van der Waals surface area contributed by atoms with Crippen LogP contribution in [0.5, 0.6) is 0 Å². The summed E-state index contributed by atoms with van der Waals surface area (Å²) in [5.74, 6) is 0.365. The molecule has 2 rings (SSSR count). The highest BCUT2D eigenvalue weighted by Crippen LogP contribution is 2.22. The van der Waals surface area contributed by atoms with Gasteiger partial charge in [-0.3, -0.25) is 15.2 Å². The first-order valence-corrected chi connectivity index (χ1v) is 6.76. The van der Waals surface area contributed by atoms with Crippen molar-refractivity contribution in [2.45, 2.75) is 13.8 Å². The number of pyridine rings is 1. The van der Waals surface area contributed by atoms with Crippen LogP contribution in [0.3, 0.4) is 0 Å². The van der Waals surface area contributed by atoms with Gasteiger partial charge in [0.1, 0.15) is 11.5 Å². The number of carbonyl (C=O) groups excluding carboxylic acids is 1. The minimum atomic E-state index is -0.307. The SMILES string of the molecule is C=CCNc1cnc(-c2cnc(C)nc2)cc1C(=N)C(C)=O. The number of aromatic nitrogens is 3. The molecule has 0 aromatic carbocycles. The number of ketones is 1. The van der Waals surface area contributed by atoms with E-state index in [0.29, 0.717) is 29.3 Å². The van der Waals surface area contributed by atoms with Crippen molar-refractivity contribution >= 4 is 17.2 Å². The van der Waals surface area contributed by atoms with E-state index in [1.54, 1.807) is 37.7 Å². The molecule has 0 atom stereocenters. The highest BCUT2D eigenvalue weighted by molar-refractivity contribution is 6.45. The van der Waals surface area contributed by atoms with Crippen LogP contribution < -0.4 is 5.32 Å². The molecule has 112 valence electrons. The number of nitrogens with one attached hydrogen (secondary N) is 2. The molecule has 0 aliphatic carbocycles. The first-order chi connectivity index (χ1) is 10.5. The molecule has 0 saturated carbocycles. The number of nitrogens with zero attached hydrogens (tertiary/aromatic N) is 3. The summed E-state index contributed by atoms with van der Waals surface area (Å²) in [6.07, 6.45) is 6.64. The first-order valence-electron chi connectivity index (χ1n) is 6.76. The Morgan fingerprint density at radius 3 is 2.59 bits per heavy atom. The van der Waals surface area contributed by atoms with Crippen molar-refractivity contribution in [2.24, 2.45) is 0 Å². The maximum absolute atomic E-state index is 11.5. The number of carbonyl (C=O) groups is 1. The van der Waals surface area contributed by atoms with E-state index in [1.807, 2.05) is 0 Å². The summed E-state index contributed by atoms with van der Waals surface area (Å²) in [5, 5.41) is 11.1. The molecular weight excluding hydrogens is 278 g/mol. The van der Waals surface area contributed by atoms with Crippen LogP contribution in [-0.2, 0) is 4.79 Å². The lowest BCUT2D eigenvalue weighted by Crippen LogP contribution is -2.14. The molecule has 2 aromatic heterocycles. The van der Waals surface area contributed by atoms with Crippen LogP contribution in [0.4, 0.5) is 5.69 Å². The standard InChI is InChI=1S/C16H17N5O/c1-4-5-18-15-9-21-14(6-13(15)16(17)10(2)22)12-7-19-11(3)20-8-12/h4,6-9,17-18H,1,5H2,2-3H3. The third kappa shape index (κ3) is 3.41. The van der Waals surface area contributed by atoms with Crippen LogP contribution in [0, 0.1) is 12.3 Å². The second-order valence-corrected chi connectivity index (χ2v) is 4.73. The predicted octanol–water partition coefficient (Wildman–Crippen LogP) is 2.40. The van der Waals surface area contributed by atoms with E-state index in [-0.39, 0.29) is 11.5 Å². The number of rotatable bonds is 6. The molecule has 0 amide bonds. The molecule has 2 N–H and O–H groups in total. The van der Waals surface area contributed by atoms with E-state index in [2.05, 4.69) is 26.8 Å². The van der Waals surface area contributed by atoms with Crippen LogP contribution in [0.1, 0.15) is 18.3 Å². The largest absolute Gasteiger partial charge is 0.380 e. The van der Waals surface area contributed by atoms with Crippen LogP contribution in [0.15, 0.2) is 37.3 Å². The summed E-state index contributed by atoms with van der Waals surface area (Å²) >= 11 is 0. The smallest absolute Gasteiger partial charge is 0.178 e. The van der Waals surface area contributed by atoms with E-state index >= 15 is 0 Å². The lowest BCUT2D eigenvalue weighted by atomic mass is 10.0. The van der Waals surface area contributed by atoms with Crippen molar-refractivity contribution < 1.29 is 4.79 Å². The van der Waals surface area contributed by atoms with Gasteiger partial charge in [-0.25, -0.2) is 9.97 Å². The fourth-order valence-corrected chi connectivity index (χ4v) is 1.86. The molecule has 2 heterocycles. The van der Waals surface area contributed by atoms with Crippen LogP contribution in [0.2, 0.25) is 0 Å². The minimum absolute atomic E-state index is 0.0664. The van der Waals surface area contributed by atoms with Crippen molar-refractivity contribution in [1.29, 1.82) is 5.41 Å². The fourth-order valence-electron chi connectivity index (χ4n) is 1.86. The molecule has 0 bridgehead atoms. The molecule has 22 heavy (non-hydrogen) atoms. The summed E-state index contributed by atoms with van der Waals surface area (Å²) in [6.45, 7) is 7.33.